The minimum Gasteiger partial charge on any atom is -0.494 e. The zero-order valence-corrected chi connectivity index (χ0v) is 20.8. The molecular formula is C26H42N2O3. The number of rotatable bonds is 11. The molecule has 0 aliphatic heterocycles. The monoisotopic (exact) mass is 430 g/mol. The lowest BCUT2D eigenvalue weighted by atomic mass is 9.84. The van der Waals surface area contributed by atoms with Crippen molar-refractivity contribution in [3.05, 3.63) is 24.5 Å². The molecule has 0 aliphatic carbocycles. The molecule has 5 heteroatoms. The molecule has 1 aromatic carbocycles. The van der Waals surface area contributed by atoms with Gasteiger partial charge in [0.1, 0.15) is 17.2 Å². The molecule has 0 aliphatic rings. The fraction of sp³-hybridized carbons (Fsp3) is 0.692. The van der Waals surface area contributed by atoms with Gasteiger partial charge in [0.15, 0.2) is 6.26 Å². The molecule has 0 fully saturated rings. The van der Waals surface area contributed by atoms with Crippen molar-refractivity contribution in [3.8, 4) is 22.8 Å². The summed E-state index contributed by atoms with van der Waals surface area (Å²) >= 11 is 0. The predicted octanol–water partition coefficient (Wildman–Crippen LogP) is 7.42. The third-order valence-corrected chi connectivity index (χ3v) is 5.26. The Balaban J connectivity index is 1.97. The van der Waals surface area contributed by atoms with Gasteiger partial charge in [-0.1, -0.05) is 55.4 Å². The molecule has 0 radical (unpaired) electrons. The lowest BCUT2D eigenvalue weighted by Crippen LogP contribution is -2.14. The molecule has 174 valence electrons. The van der Waals surface area contributed by atoms with Gasteiger partial charge in [-0.25, -0.2) is 0 Å². The van der Waals surface area contributed by atoms with Crippen LogP contribution in [0.2, 0.25) is 0 Å². The molecule has 2 aromatic rings. The molecule has 0 saturated heterocycles. The summed E-state index contributed by atoms with van der Waals surface area (Å²) < 4.78 is 17.1. The van der Waals surface area contributed by atoms with E-state index in [0.29, 0.717) is 41.6 Å². The van der Waals surface area contributed by atoms with Gasteiger partial charge in [0.25, 0.3) is 0 Å². The third-order valence-electron chi connectivity index (χ3n) is 5.26. The molecule has 0 amide bonds. The van der Waals surface area contributed by atoms with Crippen LogP contribution in [0.5, 0.6) is 11.5 Å². The first-order chi connectivity index (χ1) is 14.4. The van der Waals surface area contributed by atoms with E-state index in [-0.39, 0.29) is 0 Å². The molecule has 1 aromatic heterocycles. The van der Waals surface area contributed by atoms with Crippen LogP contribution < -0.4 is 9.47 Å². The van der Waals surface area contributed by atoms with E-state index in [2.05, 4.69) is 65.8 Å². The first-order valence-electron chi connectivity index (χ1n) is 11.6. The van der Waals surface area contributed by atoms with Crippen molar-refractivity contribution in [2.75, 3.05) is 13.2 Å². The Kier molecular flexibility index (Phi) is 8.96. The highest BCUT2D eigenvalue weighted by Gasteiger charge is 2.17. The topological polar surface area (TPSA) is 57.4 Å². The van der Waals surface area contributed by atoms with E-state index < -0.39 is 0 Å². The minimum atomic E-state index is 0.334. The first kappa shape index (κ1) is 25.2. The Bertz CT molecular complexity index is 773. The Labute approximate surface area is 188 Å². The summed E-state index contributed by atoms with van der Waals surface area (Å²) in [6, 6.07) is 5.91. The van der Waals surface area contributed by atoms with E-state index in [1.54, 1.807) is 6.26 Å². The van der Waals surface area contributed by atoms with Gasteiger partial charge in [0.05, 0.1) is 18.8 Å². The fourth-order valence-electron chi connectivity index (χ4n) is 4.25. The highest BCUT2D eigenvalue weighted by Crippen LogP contribution is 2.34. The summed E-state index contributed by atoms with van der Waals surface area (Å²) in [6.07, 6.45) is 5.95. The number of aromatic nitrogens is 2. The normalized spacial score (nSPS) is 14.3. The predicted molar refractivity (Wildman–Crippen MR) is 126 cm³/mol. The second kappa shape index (κ2) is 11.0. The zero-order chi connectivity index (χ0) is 23.1. The first-order valence-corrected chi connectivity index (χ1v) is 11.6. The van der Waals surface area contributed by atoms with E-state index in [1.165, 1.54) is 12.8 Å². The summed E-state index contributed by atoms with van der Waals surface area (Å²) in [7, 11) is 0. The molecule has 0 N–H and O–H groups in total. The minimum absolute atomic E-state index is 0.334. The van der Waals surface area contributed by atoms with Crippen LogP contribution in [0.15, 0.2) is 29.0 Å². The molecule has 2 atom stereocenters. The van der Waals surface area contributed by atoms with Crippen molar-refractivity contribution in [3.63, 3.8) is 0 Å². The fourth-order valence-corrected chi connectivity index (χ4v) is 4.25. The van der Waals surface area contributed by atoms with Crippen LogP contribution >= 0.6 is 0 Å². The molecular weight excluding hydrogens is 388 g/mol. The number of hydrogen-bond acceptors (Lipinski definition) is 5. The lowest BCUT2D eigenvalue weighted by Gasteiger charge is -2.23. The molecule has 0 bridgehead atoms. The van der Waals surface area contributed by atoms with E-state index in [1.807, 2.05) is 18.2 Å². The number of benzene rings is 1. The quantitative estimate of drug-likeness (QED) is 0.371. The van der Waals surface area contributed by atoms with Crippen LogP contribution in [-0.4, -0.2) is 23.6 Å². The van der Waals surface area contributed by atoms with Crippen molar-refractivity contribution in [2.24, 2.45) is 22.7 Å². The summed E-state index contributed by atoms with van der Waals surface area (Å²) in [5, 5.41) is 7.69. The van der Waals surface area contributed by atoms with Crippen molar-refractivity contribution >= 4 is 0 Å². The number of ether oxygens (including phenoxy) is 2. The largest absolute Gasteiger partial charge is 0.494 e. The molecule has 5 nitrogen and oxygen atoms in total. The molecule has 31 heavy (non-hydrogen) atoms. The van der Waals surface area contributed by atoms with Crippen molar-refractivity contribution in [1.82, 2.24) is 10.4 Å². The van der Waals surface area contributed by atoms with Crippen LogP contribution in [0.3, 0.4) is 0 Å². The lowest BCUT2D eigenvalue weighted by molar-refractivity contribution is 0.237. The average molecular weight is 431 g/mol. The van der Waals surface area contributed by atoms with Crippen molar-refractivity contribution in [2.45, 2.75) is 81.1 Å². The van der Waals surface area contributed by atoms with Gasteiger partial charge < -0.3 is 14.0 Å². The Morgan fingerprint density at radius 2 is 1.45 bits per heavy atom. The number of nitrogens with zero attached hydrogens (tertiary/aromatic N) is 2. The Hall–Kier alpha value is -2.04. The summed E-state index contributed by atoms with van der Waals surface area (Å²) in [5.41, 5.74) is 2.19. The van der Waals surface area contributed by atoms with E-state index in [0.717, 1.165) is 29.9 Å². The van der Waals surface area contributed by atoms with Crippen molar-refractivity contribution in [1.29, 1.82) is 0 Å². The van der Waals surface area contributed by atoms with Crippen LogP contribution in [0.25, 0.3) is 11.3 Å². The third kappa shape index (κ3) is 9.75. The van der Waals surface area contributed by atoms with Gasteiger partial charge in [-0.15, -0.1) is 5.10 Å². The highest BCUT2D eigenvalue weighted by molar-refractivity contribution is 5.67. The zero-order valence-electron chi connectivity index (χ0n) is 20.8. The maximum Gasteiger partial charge on any atom is 0.152 e. The summed E-state index contributed by atoms with van der Waals surface area (Å²) in [5.74, 6) is 2.83. The van der Waals surface area contributed by atoms with Gasteiger partial charge in [-0.3, -0.25) is 0 Å². The number of hydrogen-bond donors (Lipinski definition) is 0. The molecule has 0 saturated carbocycles. The molecule has 1 heterocycles. The van der Waals surface area contributed by atoms with Crippen LogP contribution in [-0.2, 0) is 0 Å². The van der Waals surface area contributed by atoms with E-state index >= 15 is 0 Å². The van der Waals surface area contributed by atoms with Gasteiger partial charge in [-0.2, -0.15) is 0 Å². The summed E-state index contributed by atoms with van der Waals surface area (Å²) in [6.45, 7) is 19.6. The smallest absolute Gasteiger partial charge is 0.152 e. The van der Waals surface area contributed by atoms with Gasteiger partial charge in [-0.05, 0) is 66.5 Å². The van der Waals surface area contributed by atoms with Crippen LogP contribution in [0.4, 0.5) is 0 Å². The highest BCUT2D eigenvalue weighted by atomic mass is 16.5. The van der Waals surface area contributed by atoms with Crippen molar-refractivity contribution < 1.29 is 14.0 Å². The van der Waals surface area contributed by atoms with Gasteiger partial charge in [0.2, 0.25) is 0 Å². The molecule has 0 spiro atoms. The second-order valence-electron chi connectivity index (χ2n) is 11.5. The molecule has 2 rings (SSSR count). The summed E-state index contributed by atoms with van der Waals surface area (Å²) in [4.78, 5) is 0. The Morgan fingerprint density at radius 3 is 1.97 bits per heavy atom. The maximum absolute atomic E-state index is 6.13. The van der Waals surface area contributed by atoms with E-state index in [9.17, 15) is 0 Å². The maximum atomic E-state index is 6.13. The van der Waals surface area contributed by atoms with Gasteiger partial charge >= 0.3 is 0 Å². The Morgan fingerprint density at radius 1 is 0.871 bits per heavy atom. The SMILES string of the molecule is CC(CCOc1ccc(OCCC(C)CC(C)(C)C)c(-c2conn2)c1)CC(C)(C)C. The van der Waals surface area contributed by atoms with E-state index in [4.69, 9.17) is 14.0 Å². The molecule has 2 unspecified atom stereocenters. The standard InChI is InChI=1S/C26H42N2O3/c1-19(16-25(3,4)5)11-13-29-21-9-10-24(22(15-21)23-18-31-28-27-23)30-14-12-20(2)17-26(6,7)8/h9-10,15,18-20H,11-14,16-17H2,1-8H3. The van der Waals surface area contributed by atoms with Gasteiger partial charge in [0, 0.05) is 5.27 Å². The van der Waals surface area contributed by atoms with Crippen LogP contribution in [0.1, 0.15) is 81.1 Å². The average Bonchev–Trinajstić information content (AvgIpc) is 3.14. The second-order valence-corrected chi connectivity index (χ2v) is 11.5. The van der Waals surface area contributed by atoms with Crippen LogP contribution in [0, 0.1) is 22.7 Å².